The average molecular weight is 439 g/mol. The highest BCUT2D eigenvalue weighted by Crippen LogP contribution is 2.38. The third-order valence-electron chi connectivity index (χ3n) is 3.99. The molecular weight excluding hydrogens is 426 g/mol. The summed E-state index contributed by atoms with van der Waals surface area (Å²) in [6.07, 6.45) is 1.69. The molecule has 2 aromatic rings. The number of benzene rings is 1. The fourth-order valence-electron chi connectivity index (χ4n) is 2.43. The monoisotopic (exact) mass is 438 g/mol. The first-order valence-electron chi connectivity index (χ1n) is 8.23. The van der Waals surface area contributed by atoms with Crippen LogP contribution in [0.5, 0.6) is 5.75 Å². The van der Waals surface area contributed by atoms with Crippen molar-refractivity contribution in [3.8, 4) is 17.5 Å². The average Bonchev–Trinajstić information content (AvgIpc) is 2.68. The number of H-pyrrole nitrogens is 1. The molecule has 1 aliphatic rings. The molecule has 1 aliphatic heterocycles. The fourth-order valence-corrected chi connectivity index (χ4v) is 2.95. The number of hydrazone groups is 1. The van der Waals surface area contributed by atoms with E-state index in [9.17, 15) is 14.0 Å². The zero-order valence-corrected chi connectivity index (χ0v) is 16.6. The van der Waals surface area contributed by atoms with Crippen LogP contribution in [-0.4, -0.2) is 27.2 Å². The Morgan fingerprint density at radius 3 is 2.76 bits per heavy atom. The van der Waals surface area contributed by atoms with Crippen molar-refractivity contribution in [2.24, 2.45) is 11.0 Å². The highest BCUT2D eigenvalue weighted by molar-refractivity contribution is 6.37. The van der Waals surface area contributed by atoms with E-state index in [4.69, 9.17) is 33.2 Å². The zero-order chi connectivity index (χ0) is 21.3. The van der Waals surface area contributed by atoms with Crippen LogP contribution in [0.1, 0.15) is 19.5 Å². The maximum atomic E-state index is 14.9. The maximum absolute atomic E-state index is 14.9. The first-order chi connectivity index (χ1) is 13.7. The van der Waals surface area contributed by atoms with Crippen molar-refractivity contribution in [2.75, 3.05) is 6.54 Å². The van der Waals surface area contributed by atoms with Crippen LogP contribution in [0.2, 0.25) is 10.0 Å². The Morgan fingerprint density at radius 1 is 1.38 bits per heavy atom. The van der Waals surface area contributed by atoms with E-state index >= 15 is 0 Å². The van der Waals surface area contributed by atoms with Crippen LogP contribution < -0.4 is 21.4 Å². The molecule has 0 aliphatic carbocycles. The normalized spacial score (nSPS) is 13.4. The maximum Gasteiger partial charge on any atom is 0.349 e. The molecule has 1 aromatic carbocycles. The van der Waals surface area contributed by atoms with Crippen molar-refractivity contribution in [2.45, 2.75) is 13.8 Å². The second-order valence-electron chi connectivity index (χ2n) is 6.23. The van der Waals surface area contributed by atoms with Crippen LogP contribution >= 0.6 is 23.2 Å². The van der Waals surface area contributed by atoms with Gasteiger partial charge in [-0.2, -0.15) is 9.94 Å². The number of nitrogens with one attached hydrogen (secondary N) is 2. The summed E-state index contributed by atoms with van der Waals surface area (Å²) in [5.74, 6) is -0.945. The number of hydrogen-bond acceptors (Lipinski definition) is 7. The quantitative estimate of drug-likeness (QED) is 0.706. The number of halogens is 3. The van der Waals surface area contributed by atoms with E-state index in [1.165, 1.54) is 6.07 Å². The molecule has 0 fully saturated rings. The van der Waals surface area contributed by atoms with Crippen molar-refractivity contribution in [1.29, 1.82) is 5.26 Å². The molecule has 0 bridgehead atoms. The Kier molecular flexibility index (Phi) is 5.72. The van der Waals surface area contributed by atoms with Gasteiger partial charge in [-0.05, 0) is 17.6 Å². The summed E-state index contributed by atoms with van der Waals surface area (Å²) in [7, 11) is 0. The predicted molar refractivity (Wildman–Crippen MR) is 104 cm³/mol. The van der Waals surface area contributed by atoms with Gasteiger partial charge in [0.15, 0.2) is 11.6 Å². The third-order valence-corrected chi connectivity index (χ3v) is 4.61. The number of hydrogen-bond donors (Lipinski definition) is 2. The van der Waals surface area contributed by atoms with E-state index in [1.54, 1.807) is 6.08 Å². The lowest BCUT2D eigenvalue weighted by atomic mass is 10.0. The number of nitriles is 1. The second-order valence-corrected chi connectivity index (χ2v) is 7.01. The molecule has 0 unspecified atom stereocenters. The van der Waals surface area contributed by atoms with Gasteiger partial charge in [0, 0.05) is 6.08 Å². The van der Waals surface area contributed by atoms with Crippen molar-refractivity contribution in [1.82, 2.24) is 20.2 Å². The summed E-state index contributed by atoms with van der Waals surface area (Å²) < 4.78 is 20.9. The molecule has 0 radical (unpaired) electrons. The Labute approximate surface area is 173 Å². The molecule has 9 nitrogen and oxygen atoms in total. The summed E-state index contributed by atoms with van der Waals surface area (Å²) in [4.78, 5) is 25.3. The molecule has 2 heterocycles. The summed E-state index contributed by atoms with van der Waals surface area (Å²) >= 11 is 12.2. The minimum atomic E-state index is -1.09. The smallest absolute Gasteiger partial charge is 0.349 e. The lowest BCUT2D eigenvalue weighted by Gasteiger charge is -2.18. The number of rotatable bonds is 3. The van der Waals surface area contributed by atoms with Gasteiger partial charge in [-0.3, -0.25) is 9.78 Å². The lowest BCUT2D eigenvalue weighted by Crippen LogP contribution is -2.33. The van der Waals surface area contributed by atoms with Gasteiger partial charge < -0.3 is 10.2 Å². The molecular formula is C17H13Cl2FN6O3. The molecule has 0 amide bonds. The van der Waals surface area contributed by atoms with Gasteiger partial charge in [-0.25, -0.2) is 9.18 Å². The van der Waals surface area contributed by atoms with Gasteiger partial charge in [0.2, 0.25) is 11.6 Å². The highest BCUT2D eigenvalue weighted by Gasteiger charge is 2.23. The molecule has 150 valence electrons. The van der Waals surface area contributed by atoms with E-state index in [0.29, 0.717) is 11.2 Å². The minimum Gasteiger partial charge on any atom is -0.434 e. The fraction of sp³-hybridized carbons (Fsp3) is 0.235. The van der Waals surface area contributed by atoms with Crippen molar-refractivity contribution in [3.05, 3.63) is 60.1 Å². The Bertz CT molecular complexity index is 1210. The molecule has 3 rings (SSSR count). The first-order valence-corrected chi connectivity index (χ1v) is 8.99. The summed E-state index contributed by atoms with van der Waals surface area (Å²) in [5.41, 5.74) is 0.637. The van der Waals surface area contributed by atoms with Gasteiger partial charge in [-0.15, -0.1) is 10.2 Å². The van der Waals surface area contributed by atoms with Crippen molar-refractivity contribution < 1.29 is 9.13 Å². The summed E-state index contributed by atoms with van der Waals surface area (Å²) in [6.45, 7) is 4.53. The van der Waals surface area contributed by atoms with E-state index in [2.05, 4.69) is 15.6 Å². The molecule has 2 N–H and O–H groups in total. The third kappa shape index (κ3) is 4.01. The van der Waals surface area contributed by atoms with E-state index in [-0.39, 0.29) is 22.6 Å². The molecule has 0 saturated heterocycles. The molecule has 0 spiro atoms. The molecule has 0 atom stereocenters. The van der Waals surface area contributed by atoms with Gasteiger partial charge in [-0.1, -0.05) is 37.0 Å². The van der Waals surface area contributed by atoms with Crippen LogP contribution in [0.25, 0.3) is 5.69 Å². The van der Waals surface area contributed by atoms with Crippen LogP contribution in [0.3, 0.4) is 0 Å². The number of aromatic amines is 1. The van der Waals surface area contributed by atoms with E-state index < -0.39 is 33.5 Å². The van der Waals surface area contributed by atoms with E-state index in [0.717, 1.165) is 11.6 Å². The van der Waals surface area contributed by atoms with Crippen LogP contribution in [0.15, 0.2) is 32.4 Å². The standard InChI is InChI=1S/C17H13Cl2FN6O3/c1-7(2)8-3-12(24-22-6-8)29-15-9(18)4-11(14(20)13(15)19)26-17(28)23-16(27)10(5-21)25-26/h3-4,7,22H,6H2,1-2H3,(H,23,27,28). The SMILES string of the molecule is CC(C)C1=CC(Oc2c(Cl)cc(-n3nc(C#N)c(=O)[nH]c3=O)c(F)c2Cl)=NNC1. The van der Waals surface area contributed by atoms with Crippen LogP contribution in [0, 0.1) is 23.1 Å². The van der Waals surface area contributed by atoms with Gasteiger partial charge in [0.1, 0.15) is 16.8 Å². The number of ether oxygens (including phenoxy) is 1. The van der Waals surface area contributed by atoms with Crippen molar-refractivity contribution >= 4 is 29.1 Å². The predicted octanol–water partition coefficient (Wildman–Crippen LogP) is 2.12. The number of nitrogens with zero attached hydrogens (tertiary/aromatic N) is 4. The summed E-state index contributed by atoms with van der Waals surface area (Å²) in [5, 5.41) is 15.8. The Hall–Kier alpha value is -3.16. The topological polar surface area (TPSA) is 125 Å². The largest absolute Gasteiger partial charge is 0.434 e. The van der Waals surface area contributed by atoms with Gasteiger partial charge in [0.25, 0.3) is 5.56 Å². The first kappa shape index (κ1) is 20.6. The lowest BCUT2D eigenvalue weighted by molar-refractivity contribution is 0.521. The van der Waals surface area contributed by atoms with Crippen molar-refractivity contribution in [3.63, 3.8) is 0 Å². The van der Waals surface area contributed by atoms with Crippen LogP contribution in [0.4, 0.5) is 4.39 Å². The molecule has 0 saturated carbocycles. The highest BCUT2D eigenvalue weighted by atomic mass is 35.5. The van der Waals surface area contributed by atoms with Gasteiger partial charge >= 0.3 is 5.69 Å². The molecule has 12 heteroatoms. The number of aromatic nitrogens is 3. The van der Waals surface area contributed by atoms with E-state index in [1.807, 2.05) is 18.8 Å². The second kappa shape index (κ2) is 8.06. The Morgan fingerprint density at radius 2 is 2.10 bits per heavy atom. The molecule has 29 heavy (non-hydrogen) atoms. The minimum absolute atomic E-state index is 0.127. The van der Waals surface area contributed by atoms with Crippen LogP contribution in [-0.2, 0) is 0 Å². The zero-order valence-electron chi connectivity index (χ0n) is 15.1. The van der Waals surface area contributed by atoms with Gasteiger partial charge in [0.05, 0.1) is 11.6 Å². The molecule has 1 aromatic heterocycles. The Balaban J connectivity index is 2.07. The summed E-state index contributed by atoms with van der Waals surface area (Å²) in [6, 6.07) is 2.54.